The molecule has 0 aromatic heterocycles. The molecule has 122 valence electrons. The molecule has 0 bridgehead atoms. The molecule has 2 amide bonds. The van der Waals surface area contributed by atoms with Crippen LogP contribution in [0.25, 0.3) is 0 Å². The third kappa shape index (κ3) is 7.08. The van der Waals surface area contributed by atoms with Gasteiger partial charge in [0.25, 0.3) is 5.91 Å². The van der Waals surface area contributed by atoms with E-state index in [4.69, 9.17) is 9.47 Å². The number of nitrogens with one attached hydrogen (secondary N) is 2. The van der Waals surface area contributed by atoms with Crippen LogP contribution in [0.4, 0.5) is 0 Å². The lowest BCUT2D eigenvalue weighted by molar-refractivity contribution is -0.122. The van der Waals surface area contributed by atoms with Gasteiger partial charge in [-0.05, 0) is 31.0 Å². The van der Waals surface area contributed by atoms with Crippen LogP contribution < -0.4 is 15.6 Å². The number of amides is 2. The van der Waals surface area contributed by atoms with Crippen molar-refractivity contribution in [3.8, 4) is 5.75 Å². The molecule has 0 saturated heterocycles. The zero-order valence-corrected chi connectivity index (χ0v) is 13.3. The molecule has 0 spiro atoms. The number of rotatable bonds is 8. The van der Waals surface area contributed by atoms with Crippen molar-refractivity contribution in [2.45, 2.75) is 27.2 Å². The molecule has 0 aliphatic rings. The molecule has 0 fully saturated rings. The summed E-state index contributed by atoms with van der Waals surface area (Å²) in [5, 5.41) is 0. The Morgan fingerprint density at radius 2 is 2.00 bits per heavy atom. The normalized spacial score (nSPS) is 10.4. The highest BCUT2D eigenvalue weighted by Gasteiger charge is 2.08. The highest BCUT2D eigenvalue weighted by molar-refractivity contribution is 5.95. The number of benzene rings is 1. The summed E-state index contributed by atoms with van der Waals surface area (Å²) in [6, 6.07) is 6.83. The lowest BCUT2D eigenvalue weighted by atomic mass is 10.2. The van der Waals surface area contributed by atoms with E-state index in [0.29, 0.717) is 37.1 Å². The second kappa shape index (κ2) is 9.78. The second-order valence-electron chi connectivity index (χ2n) is 5.18. The van der Waals surface area contributed by atoms with E-state index in [2.05, 4.69) is 10.9 Å². The number of hydrogen-bond acceptors (Lipinski definition) is 4. The first-order chi connectivity index (χ1) is 10.5. The summed E-state index contributed by atoms with van der Waals surface area (Å²) < 4.78 is 10.6. The first kappa shape index (κ1) is 18.0. The zero-order chi connectivity index (χ0) is 16.4. The van der Waals surface area contributed by atoms with Crippen LogP contribution in [0.15, 0.2) is 24.3 Å². The third-order valence-electron chi connectivity index (χ3n) is 2.67. The summed E-state index contributed by atoms with van der Waals surface area (Å²) in [6.45, 7) is 7.43. The Balaban J connectivity index is 2.44. The van der Waals surface area contributed by atoms with Gasteiger partial charge in [-0.15, -0.1) is 0 Å². The molecule has 6 nitrogen and oxygen atoms in total. The predicted molar refractivity (Wildman–Crippen MR) is 83.5 cm³/mol. The minimum Gasteiger partial charge on any atom is -0.493 e. The fourth-order valence-electron chi connectivity index (χ4n) is 1.56. The Morgan fingerprint density at radius 1 is 1.23 bits per heavy atom. The van der Waals surface area contributed by atoms with E-state index >= 15 is 0 Å². The Labute approximate surface area is 131 Å². The van der Waals surface area contributed by atoms with E-state index < -0.39 is 0 Å². The lowest BCUT2D eigenvalue weighted by Gasteiger charge is -2.11. The summed E-state index contributed by atoms with van der Waals surface area (Å²) in [5.74, 6) is 0.347. The molecule has 1 rings (SSSR count). The van der Waals surface area contributed by atoms with Gasteiger partial charge in [-0.2, -0.15) is 0 Å². The first-order valence-electron chi connectivity index (χ1n) is 7.42. The molecule has 0 aliphatic carbocycles. The molecular weight excluding hydrogens is 284 g/mol. The van der Waals surface area contributed by atoms with Gasteiger partial charge < -0.3 is 9.47 Å². The van der Waals surface area contributed by atoms with E-state index in [9.17, 15) is 9.59 Å². The number of hydrogen-bond donors (Lipinski definition) is 2. The molecule has 1 aromatic rings. The molecule has 22 heavy (non-hydrogen) atoms. The summed E-state index contributed by atoms with van der Waals surface area (Å²) in [5.41, 5.74) is 5.14. The van der Waals surface area contributed by atoms with Crippen molar-refractivity contribution < 1.29 is 19.1 Å². The highest BCUT2D eigenvalue weighted by atomic mass is 16.5. The van der Waals surface area contributed by atoms with E-state index in [0.717, 1.165) is 0 Å². The van der Waals surface area contributed by atoms with Crippen LogP contribution in [0, 0.1) is 5.92 Å². The molecule has 0 radical (unpaired) electrons. The maximum atomic E-state index is 12.0. The third-order valence-corrected chi connectivity index (χ3v) is 2.67. The SMILES string of the molecule is CCOCCC(=O)NNC(=O)c1cccc(OCC(C)C)c1. The summed E-state index contributed by atoms with van der Waals surface area (Å²) in [7, 11) is 0. The molecule has 0 aliphatic heterocycles. The van der Waals surface area contributed by atoms with Crippen molar-refractivity contribution in [1.29, 1.82) is 0 Å². The number of carbonyl (C=O) groups is 2. The van der Waals surface area contributed by atoms with Crippen LogP contribution in [0.3, 0.4) is 0 Å². The quantitative estimate of drug-likeness (QED) is 0.568. The lowest BCUT2D eigenvalue weighted by Crippen LogP contribution is -2.41. The molecule has 1 aromatic carbocycles. The number of ether oxygens (including phenoxy) is 2. The Kier molecular flexibility index (Phi) is 7.99. The van der Waals surface area contributed by atoms with Crippen molar-refractivity contribution in [3.63, 3.8) is 0 Å². The molecule has 0 atom stereocenters. The number of carbonyl (C=O) groups excluding carboxylic acids is 2. The van der Waals surface area contributed by atoms with E-state index in [1.54, 1.807) is 24.3 Å². The van der Waals surface area contributed by atoms with Gasteiger partial charge >= 0.3 is 0 Å². The van der Waals surface area contributed by atoms with Crippen LogP contribution >= 0.6 is 0 Å². The van der Waals surface area contributed by atoms with Crippen LogP contribution in [0.5, 0.6) is 5.75 Å². The molecule has 0 saturated carbocycles. The maximum absolute atomic E-state index is 12.0. The van der Waals surface area contributed by atoms with E-state index in [1.807, 2.05) is 20.8 Å². The largest absolute Gasteiger partial charge is 0.493 e. The van der Waals surface area contributed by atoms with Gasteiger partial charge in [0.2, 0.25) is 5.91 Å². The Bertz CT molecular complexity index is 489. The summed E-state index contributed by atoms with van der Waals surface area (Å²) in [6.07, 6.45) is 0.200. The van der Waals surface area contributed by atoms with Crippen LogP contribution in [0.1, 0.15) is 37.6 Å². The van der Waals surface area contributed by atoms with Crippen molar-refractivity contribution in [2.24, 2.45) is 5.92 Å². The Morgan fingerprint density at radius 3 is 2.68 bits per heavy atom. The molecule has 2 N–H and O–H groups in total. The van der Waals surface area contributed by atoms with Gasteiger partial charge in [-0.25, -0.2) is 0 Å². The maximum Gasteiger partial charge on any atom is 0.269 e. The summed E-state index contributed by atoms with van der Waals surface area (Å²) >= 11 is 0. The molecule has 6 heteroatoms. The standard InChI is InChI=1S/C16H24N2O4/c1-4-21-9-8-15(19)17-18-16(20)13-6-5-7-14(10-13)22-11-12(2)3/h5-7,10,12H,4,8-9,11H2,1-3H3,(H,17,19)(H,18,20). The van der Waals surface area contributed by atoms with Crippen LogP contribution in [-0.4, -0.2) is 31.6 Å². The minimum absolute atomic E-state index is 0.200. The fraction of sp³-hybridized carbons (Fsp3) is 0.500. The van der Waals surface area contributed by atoms with Crippen molar-refractivity contribution in [1.82, 2.24) is 10.9 Å². The average Bonchev–Trinajstić information content (AvgIpc) is 2.51. The minimum atomic E-state index is -0.389. The van der Waals surface area contributed by atoms with Crippen LogP contribution in [0.2, 0.25) is 0 Å². The average molecular weight is 308 g/mol. The van der Waals surface area contributed by atoms with Crippen molar-refractivity contribution in [3.05, 3.63) is 29.8 Å². The molecule has 0 heterocycles. The van der Waals surface area contributed by atoms with Crippen molar-refractivity contribution in [2.75, 3.05) is 19.8 Å². The van der Waals surface area contributed by atoms with Gasteiger partial charge in [-0.3, -0.25) is 20.4 Å². The van der Waals surface area contributed by atoms with Gasteiger partial charge in [0, 0.05) is 12.2 Å². The first-order valence-corrected chi connectivity index (χ1v) is 7.42. The molecular formula is C16H24N2O4. The fourth-order valence-corrected chi connectivity index (χ4v) is 1.56. The van der Waals surface area contributed by atoms with E-state index in [-0.39, 0.29) is 18.2 Å². The van der Waals surface area contributed by atoms with E-state index in [1.165, 1.54) is 0 Å². The van der Waals surface area contributed by atoms with Crippen LogP contribution in [-0.2, 0) is 9.53 Å². The second-order valence-corrected chi connectivity index (χ2v) is 5.18. The smallest absolute Gasteiger partial charge is 0.269 e. The van der Waals surface area contributed by atoms with Gasteiger partial charge in [0.1, 0.15) is 5.75 Å². The molecule has 0 unspecified atom stereocenters. The van der Waals surface area contributed by atoms with Crippen molar-refractivity contribution >= 4 is 11.8 Å². The topological polar surface area (TPSA) is 76.7 Å². The van der Waals surface area contributed by atoms with Gasteiger partial charge in [-0.1, -0.05) is 19.9 Å². The Hall–Kier alpha value is -2.08. The summed E-state index contributed by atoms with van der Waals surface area (Å²) in [4.78, 5) is 23.4. The van der Waals surface area contributed by atoms with Gasteiger partial charge in [0.05, 0.1) is 19.6 Å². The number of hydrazine groups is 1. The zero-order valence-electron chi connectivity index (χ0n) is 13.3. The van der Waals surface area contributed by atoms with Gasteiger partial charge in [0.15, 0.2) is 0 Å². The monoisotopic (exact) mass is 308 g/mol. The predicted octanol–water partition coefficient (Wildman–Crippen LogP) is 1.91. The highest BCUT2D eigenvalue weighted by Crippen LogP contribution is 2.14.